The Labute approximate surface area is 204 Å². The van der Waals surface area contributed by atoms with E-state index in [0.29, 0.717) is 11.9 Å². The number of carbonyl (C=O) groups is 2. The highest BCUT2D eigenvalue weighted by molar-refractivity contribution is 6.31. The standard InChI is InChI=1S/C23H31N3O2.C2HNO4/c1-27-21-11-12-22(25-23(21)28-20-9-5-6-10-20)26(19-13-15-24-16-14-19)17-18-7-3-2-4-8-18;4-1(3-7)2(5)6/h2-4,7-8,11-12,19-20,24H,5-6,9-10,13-17H2,1H3;(H,5,6). The van der Waals surface area contributed by atoms with Gasteiger partial charge in [-0.2, -0.15) is 4.98 Å². The molecule has 4 rings (SSSR count). The van der Waals surface area contributed by atoms with Crippen LogP contribution in [0.25, 0.3) is 0 Å². The average molecular weight is 485 g/mol. The number of pyridine rings is 1. The van der Waals surface area contributed by atoms with Gasteiger partial charge in [0.1, 0.15) is 11.9 Å². The zero-order valence-corrected chi connectivity index (χ0v) is 19.9. The van der Waals surface area contributed by atoms with Crippen LogP contribution < -0.4 is 19.7 Å². The quantitative estimate of drug-likeness (QED) is 0.447. The smallest absolute Gasteiger partial charge is 0.400 e. The van der Waals surface area contributed by atoms with Crippen molar-refractivity contribution in [1.29, 1.82) is 0 Å². The van der Waals surface area contributed by atoms with Crippen LogP contribution in [0.4, 0.5) is 5.82 Å². The Bertz CT molecular complexity index is 975. The Morgan fingerprint density at radius 2 is 1.77 bits per heavy atom. The second kappa shape index (κ2) is 13.4. The molecule has 2 N–H and O–H groups in total. The number of aromatic nitrogens is 1. The number of rotatable bonds is 7. The van der Waals surface area contributed by atoms with Crippen molar-refractivity contribution in [2.75, 3.05) is 25.1 Å². The van der Waals surface area contributed by atoms with Crippen molar-refractivity contribution >= 4 is 17.7 Å². The summed E-state index contributed by atoms with van der Waals surface area (Å²) in [4.78, 5) is 35.1. The number of ether oxygens (including phenoxy) is 2. The molecule has 0 radical (unpaired) electrons. The minimum atomic E-state index is -1.82. The van der Waals surface area contributed by atoms with E-state index in [1.807, 2.05) is 6.07 Å². The van der Waals surface area contributed by atoms with Crippen molar-refractivity contribution in [1.82, 2.24) is 10.3 Å². The zero-order chi connectivity index (χ0) is 25.0. The predicted molar refractivity (Wildman–Crippen MR) is 131 cm³/mol. The molecule has 35 heavy (non-hydrogen) atoms. The number of hydrogen-bond acceptors (Lipinski definition) is 8. The molecule has 0 atom stereocenters. The zero-order valence-electron chi connectivity index (χ0n) is 19.9. The third-order valence-electron chi connectivity index (χ3n) is 6.12. The van der Waals surface area contributed by atoms with Crippen molar-refractivity contribution in [3.63, 3.8) is 0 Å². The van der Waals surface area contributed by atoms with Crippen molar-refractivity contribution in [2.45, 2.75) is 57.2 Å². The van der Waals surface area contributed by atoms with Gasteiger partial charge in [0.2, 0.25) is 0 Å². The summed E-state index contributed by atoms with van der Waals surface area (Å²) < 4.78 is 11.8. The molecule has 188 valence electrons. The first kappa shape index (κ1) is 26.1. The number of nitrogens with zero attached hydrogens (tertiary/aromatic N) is 3. The fourth-order valence-corrected chi connectivity index (χ4v) is 4.32. The van der Waals surface area contributed by atoms with Gasteiger partial charge in [0.15, 0.2) is 5.75 Å². The molecule has 2 aromatic rings. The Hall–Kier alpha value is -3.53. The fraction of sp³-hybridized carbons (Fsp3) is 0.480. The highest BCUT2D eigenvalue weighted by Gasteiger charge is 2.25. The van der Waals surface area contributed by atoms with E-state index in [9.17, 15) is 9.59 Å². The topological polar surface area (TPSA) is 130 Å². The first-order valence-electron chi connectivity index (χ1n) is 11.9. The van der Waals surface area contributed by atoms with Crippen molar-refractivity contribution in [3.8, 4) is 11.6 Å². The third kappa shape index (κ3) is 7.74. The van der Waals surface area contributed by atoms with Gasteiger partial charge in [0.25, 0.3) is 5.88 Å². The van der Waals surface area contributed by atoms with Gasteiger partial charge in [-0.3, -0.25) is 4.79 Å². The van der Waals surface area contributed by atoms with Crippen LogP contribution in [0.5, 0.6) is 11.6 Å². The average Bonchev–Trinajstić information content (AvgIpc) is 3.41. The Kier molecular flexibility index (Phi) is 9.97. The van der Waals surface area contributed by atoms with Crippen LogP contribution in [0.2, 0.25) is 0 Å². The second-order valence-corrected chi connectivity index (χ2v) is 8.50. The van der Waals surface area contributed by atoms with Crippen LogP contribution in [0.3, 0.4) is 0 Å². The van der Waals surface area contributed by atoms with Gasteiger partial charge in [-0.1, -0.05) is 30.3 Å². The largest absolute Gasteiger partial charge is 0.491 e. The van der Waals surface area contributed by atoms with E-state index in [1.165, 1.54) is 18.4 Å². The fourth-order valence-electron chi connectivity index (χ4n) is 4.32. The van der Waals surface area contributed by atoms with Crippen LogP contribution >= 0.6 is 0 Å². The molecule has 10 heteroatoms. The number of nitrogens with one attached hydrogen (secondary N) is 1. The van der Waals surface area contributed by atoms with Gasteiger partial charge in [0, 0.05) is 17.8 Å². The van der Waals surface area contributed by atoms with Gasteiger partial charge in [0.05, 0.1) is 7.11 Å². The van der Waals surface area contributed by atoms with E-state index in [1.54, 1.807) is 12.3 Å². The summed E-state index contributed by atoms with van der Waals surface area (Å²) in [6.45, 7) is 2.96. The van der Waals surface area contributed by atoms with E-state index >= 15 is 0 Å². The Morgan fingerprint density at radius 3 is 2.34 bits per heavy atom. The SMILES string of the molecule is COc1ccc(N(Cc2ccccc2)C2CCNCC2)nc1OC1CCCC1.O=NC(=O)C(=O)O. The molecule has 2 heterocycles. The number of amides is 1. The summed E-state index contributed by atoms with van der Waals surface area (Å²) in [5.41, 5.74) is 1.30. The Morgan fingerprint density at radius 1 is 1.09 bits per heavy atom. The normalized spacial score (nSPS) is 16.0. The highest BCUT2D eigenvalue weighted by atomic mass is 16.5. The molecule has 1 aromatic heterocycles. The summed E-state index contributed by atoms with van der Waals surface area (Å²) >= 11 is 0. The summed E-state index contributed by atoms with van der Waals surface area (Å²) in [5, 5.41) is 12.6. The van der Waals surface area contributed by atoms with Crippen molar-refractivity contribution < 1.29 is 24.2 Å². The number of carboxylic acids is 1. The number of carbonyl (C=O) groups excluding carboxylic acids is 1. The highest BCUT2D eigenvalue weighted by Crippen LogP contribution is 2.33. The predicted octanol–water partition coefficient (Wildman–Crippen LogP) is 3.53. The Balaban J connectivity index is 0.000000429. The van der Waals surface area contributed by atoms with Crippen LogP contribution in [0, 0.1) is 4.91 Å². The minimum absolute atomic E-state index is 0.262. The molecule has 2 aliphatic rings. The van der Waals surface area contributed by atoms with Gasteiger partial charge in [-0.05, 0) is 69.3 Å². The molecule has 10 nitrogen and oxygen atoms in total. The first-order chi connectivity index (χ1) is 17.0. The molecule has 1 aliphatic heterocycles. The number of piperidine rings is 1. The molecule has 0 unspecified atom stereocenters. The van der Waals surface area contributed by atoms with Gasteiger partial charge >= 0.3 is 11.9 Å². The number of hydrogen-bond donors (Lipinski definition) is 2. The molecule has 1 aromatic carbocycles. The van der Waals surface area contributed by atoms with Gasteiger partial charge in [-0.15, -0.1) is 4.91 Å². The van der Waals surface area contributed by atoms with Crippen LogP contribution in [0.15, 0.2) is 47.6 Å². The monoisotopic (exact) mass is 484 g/mol. The molecule has 1 saturated heterocycles. The number of methoxy groups -OCH3 is 1. The van der Waals surface area contributed by atoms with Gasteiger partial charge in [-0.25, -0.2) is 4.79 Å². The summed E-state index contributed by atoms with van der Waals surface area (Å²) in [6.07, 6.45) is 7.20. The van der Waals surface area contributed by atoms with Crippen LogP contribution in [-0.2, 0) is 16.1 Å². The molecule has 2 fully saturated rings. The lowest BCUT2D eigenvalue weighted by Crippen LogP contribution is -2.43. The summed E-state index contributed by atoms with van der Waals surface area (Å²) in [6, 6.07) is 15.2. The number of carboxylic acid groups (broad SMARTS) is 1. The number of nitroso groups, excluding NO2 is 1. The maximum Gasteiger partial charge on any atom is 0.400 e. The number of benzene rings is 1. The van der Waals surface area contributed by atoms with Crippen LogP contribution in [-0.4, -0.2) is 54.3 Å². The lowest BCUT2D eigenvalue weighted by molar-refractivity contribution is -0.148. The molecular formula is C25H32N4O6. The third-order valence-corrected chi connectivity index (χ3v) is 6.12. The van der Waals surface area contributed by atoms with E-state index in [-0.39, 0.29) is 6.10 Å². The van der Waals surface area contributed by atoms with E-state index in [4.69, 9.17) is 24.5 Å². The minimum Gasteiger partial charge on any atom is -0.491 e. The maximum atomic E-state index is 9.43. The lowest BCUT2D eigenvalue weighted by Gasteiger charge is -2.36. The number of anilines is 1. The summed E-state index contributed by atoms with van der Waals surface area (Å²) in [5.74, 6) is -1.15. The van der Waals surface area contributed by atoms with Crippen LogP contribution in [0.1, 0.15) is 44.1 Å². The summed E-state index contributed by atoms with van der Waals surface area (Å²) in [7, 11) is 1.69. The molecule has 0 bridgehead atoms. The first-order valence-corrected chi connectivity index (χ1v) is 11.9. The van der Waals surface area contributed by atoms with Crippen molar-refractivity contribution in [3.05, 3.63) is 52.9 Å². The number of aliphatic carboxylic acids is 1. The molecule has 0 spiro atoms. The molecular weight excluding hydrogens is 452 g/mol. The van der Waals surface area contributed by atoms with Gasteiger partial charge < -0.3 is 24.8 Å². The lowest BCUT2D eigenvalue weighted by atomic mass is 10.0. The second-order valence-electron chi connectivity index (χ2n) is 8.50. The molecule has 1 amide bonds. The van der Waals surface area contributed by atoms with E-state index in [0.717, 1.165) is 56.9 Å². The van der Waals surface area contributed by atoms with Crippen molar-refractivity contribution in [2.24, 2.45) is 5.18 Å². The van der Waals surface area contributed by atoms with E-state index < -0.39 is 11.9 Å². The van der Waals surface area contributed by atoms with E-state index in [2.05, 4.69) is 46.6 Å². The maximum absolute atomic E-state index is 9.43. The molecule has 1 aliphatic carbocycles. The molecule has 1 saturated carbocycles.